The molecule has 4 aromatic rings. The molecule has 4 bridgehead atoms. The molecule has 0 saturated carbocycles. The Bertz CT molecular complexity index is 1790. The predicted molar refractivity (Wildman–Crippen MR) is 207 cm³/mol. The van der Waals surface area contributed by atoms with E-state index in [0.29, 0.717) is 75.6 Å². The summed E-state index contributed by atoms with van der Waals surface area (Å²) >= 11 is 0. The van der Waals surface area contributed by atoms with Crippen molar-refractivity contribution in [2.45, 2.75) is 0 Å². The third kappa shape index (κ3) is 9.92. The van der Waals surface area contributed by atoms with Gasteiger partial charge in [-0.05, 0) is 45.8 Å². The van der Waals surface area contributed by atoms with Crippen LogP contribution in [0.25, 0.3) is 21.5 Å². The summed E-state index contributed by atoms with van der Waals surface area (Å²) in [5.74, 6) is 28.7. The first-order valence-corrected chi connectivity index (χ1v) is 18.1. The van der Waals surface area contributed by atoms with E-state index in [9.17, 15) is 0 Å². The van der Waals surface area contributed by atoms with E-state index in [1.54, 1.807) is 0 Å². The topological polar surface area (TPSA) is 49.9 Å². The summed E-state index contributed by atoms with van der Waals surface area (Å²) in [6, 6.07) is 24.5. The monoisotopic (exact) mass is 692 g/mol. The second-order valence-electron chi connectivity index (χ2n) is 13.0. The van der Waals surface area contributed by atoms with Crippen LogP contribution in [0.1, 0.15) is 0 Å². The molecule has 0 N–H and O–H groups in total. The lowest BCUT2D eigenvalue weighted by atomic mass is 10.1. The summed E-state index contributed by atoms with van der Waals surface area (Å²) in [6.45, 7) is 11.6. The van der Waals surface area contributed by atoms with Crippen LogP contribution in [0.5, 0.6) is 23.0 Å². The van der Waals surface area contributed by atoms with Crippen molar-refractivity contribution in [2.75, 3.05) is 105 Å². The maximum absolute atomic E-state index is 6.13. The van der Waals surface area contributed by atoms with E-state index in [4.69, 9.17) is 18.9 Å². The van der Waals surface area contributed by atoms with Crippen molar-refractivity contribution in [1.82, 2.24) is 19.6 Å². The van der Waals surface area contributed by atoms with E-state index in [2.05, 4.69) is 91.2 Å². The van der Waals surface area contributed by atoms with Crippen LogP contribution in [0.15, 0.2) is 72.8 Å². The van der Waals surface area contributed by atoms with E-state index in [0.717, 1.165) is 73.9 Å². The van der Waals surface area contributed by atoms with E-state index in [1.807, 2.05) is 48.5 Å². The van der Waals surface area contributed by atoms with E-state index < -0.39 is 0 Å². The van der Waals surface area contributed by atoms with Crippen molar-refractivity contribution in [1.29, 1.82) is 0 Å². The molecular formula is C44H44N4O4. The number of hydrogen-bond donors (Lipinski definition) is 0. The molecule has 2 saturated heterocycles. The minimum absolute atomic E-state index is 0.294. The Labute approximate surface area is 307 Å². The maximum Gasteiger partial charge on any atom is 0.163 e. The highest BCUT2D eigenvalue weighted by Crippen LogP contribution is 2.33. The van der Waals surface area contributed by atoms with Crippen LogP contribution >= 0.6 is 0 Å². The van der Waals surface area contributed by atoms with E-state index in [-0.39, 0.29) is 0 Å². The third-order valence-corrected chi connectivity index (χ3v) is 9.46. The molecule has 6 aliphatic heterocycles. The quantitative estimate of drug-likeness (QED) is 0.251. The minimum Gasteiger partial charge on any atom is -0.477 e. The van der Waals surface area contributed by atoms with Gasteiger partial charge in [0.05, 0.1) is 26.2 Å². The van der Waals surface area contributed by atoms with Crippen molar-refractivity contribution in [2.24, 2.45) is 0 Å². The third-order valence-electron chi connectivity index (χ3n) is 9.46. The Morgan fingerprint density at radius 3 is 0.788 bits per heavy atom. The number of benzene rings is 4. The Morgan fingerprint density at radius 2 is 0.558 bits per heavy atom. The average Bonchev–Trinajstić information content (AvgIpc) is 3.18. The number of fused-ring (bicyclic) bond motifs is 2. The first-order valence-electron chi connectivity index (χ1n) is 18.1. The van der Waals surface area contributed by atoms with Crippen LogP contribution in [0.2, 0.25) is 0 Å². The van der Waals surface area contributed by atoms with Crippen molar-refractivity contribution >= 4 is 21.5 Å². The number of nitrogens with zero attached hydrogens (tertiary/aromatic N) is 4. The van der Waals surface area contributed by atoms with Crippen molar-refractivity contribution in [3.63, 3.8) is 0 Å². The highest BCUT2D eigenvalue weighted by Gasteiger charge is 2.16. The van der Waals surface area contributed by atoms with Crippen LogP contribution in [0.4, 0.5) is 0 Å². The second-order valence-corrected chi connectivity index (χ2v) is 13.0. The molecule has 8 heteroatoms. The number of hydrogen-bond acceptors (Lipinski definition) is 8. The van der Waals surface area contributed by atoms with Gasteiger partial charge in [0.15, 0.2) is 23.0 Å². The van der Waals surface area contributed by atoms with Crippen LogP contribution in [-0.4, -0.2) is 125 Å². The van der Waals surface area contributed by atoms with Crippen LogP contribution in [0.3, 0.4) is 0 Å². The first-order chi connectivity index (χ1) is 25.8. The van der Waals surface area contributed by atoms with Crippen LogP contribution in [0, 0.1) is 47.4 Å². The molecule has 0 atom stereocenters. The SMILES string of the molecule is C1#CCN2CCN(CC#CCOc3cc4ccccc4cc3OCC#CCN3CCN(CC#CCOc4cc5ccccc5cc4OC1)CC3)CC2. The second kappa shape index (κ2) is 18.3. The molecule has 0 radical (unpaired) electrons. The lowest BCUT2D eigenvalue weighted by Crippen LogP contribution is -2.46. The van der Waals surface area contributed by atoms with Crippen LogP contribution in [-0.2, 0) is 0 Å². The molecule has 2 fully saturated rings. The Kier molecular flexibility index (Phi) is 12.3. The van der Waals surface area contributed by atoms with Gasteiger partial charge in [-0.3, -0.25) is 19.6 Å². The van der Waals surface area contributed by atoms with Gasteiger partial charge < -0.3 is 18.9 Å². The zero-order valence-electron chi connectivity index (χ0n) is 29.7. The summed E-state index contributed by atoms with van der Waals surface area (Å²) < 4.78 is 24.5. The Morgan fingerprint density at radius 1 is 0.327 bits per heavy atom. The maximum atomic E-state index is 6.13. The lowest BCUT2D eigenvalue weighted by molar-refractivity contribution is 0.157. The summed E-state index contributed by atoms with van der Waals surface area (Å²) in [7, 11) is 0. The fourth-order valence-corrected chi connectivity index (χ4v) is 6.39. The van der Waals surface area contributed by atoms with Gasteiger partial charge >= 0.3 is 0 Å². The van der Waals surface area contributed by atoms with Gasteiger partial charge in [0.2, 0.25) is 0 Å². The lowest BCUT2D eigenvalue weighted by Gasteiger charge is -2.32. The zero-order valence-corrected chi connectivity index (χ0v) is 29.7. The van der Waals surface area contributed by atoms with Gasteiger partial charge in [0.25, 0.3) is 0 Å². The number of rotatable bonds is 0. The van der Waals surface area contributed by atoms with Crippen molar-refractivity contribution < 1.29 is 18.9 Å². The fourth-order valence-electron chi connectivity index (χ4n) is 6.39. The molecule has 0 unspecified atom stereocenters. The summed E-state index contributed by atoms with van der Waals surface area (Å²) in [6.07, 6.45) is 0. The molecule has 0 aliphatic carbocycles. The molecule has 264 valence electrons. The molecule has 8 nitrogen and oxygen atoms in total. The molecule has 0 spiro atoms. The predicted octanol–water partition coefficient (Wildman–Crippen LogP) is 4.47. The smallest absolute Gasteiger partial charge is 0.163 e. The summed E-state index contributed by atoms with van der Waals surface area (Å²) in [4.78, 5) is 9.49. The first kappa shape index (κ1) is 35.1. The average molecular weight is 693 g/mol. The van der Waals surface area contributed by atoms with Gasteiger partial charge in [0.1, 0.15) is 26.4 Å². The number of piperazine rings is 2. The number of ether oxygens (including phenoxy) is 4. The molecule has 6 heterocycles. The molecule has 0 aromatic heterocycles. The molecule has 4 aromatic carbocycles. The summed E-state index contributed by atoms with van der Waals surface area (Å²) in [5.41, 5.74) is 0. The zero-order chi connectivity index (χ0) is 35.2. The molecular weight excluding hydrogens is 649 g/mol. The van der Waals surface area contributed by atoms with Crippen LogP contribution < -0.4 is 18.9 Å². The molecule has 0 amide bonds. The standard InChI is InChI=1S/C44H44N4O4/c1-2-14-38-34-42-41(33-37(38)13-1)49-29-9-5-17-45-21-23-47(24-22-45)19-7-11-31-51-43-35-39-15-3-4-16-40(39)36-44(43)52-32-12-8-20-48-27-25-46(26-28-48)18-6-10-30-50-42/h1-4,13-16,33-36H,17-32H2. The summed E-state index contributed by atoms with van der Waals surface area (Å²) in [5, 5.41) is 4.39. The van der Waals surface area contributed by atoms with Gasteiger partial charge in [-0.1, -0.05) is 95.9 Å². The normalized spacial score (nSPS) is 22.8. The van der Waals surface area contributed by atoms with Crippen molar-refractivity contribution in [3.05, 3.63) is 72.8 Å². The van der Waals surface area contributed by atoms with Gasteiger partial charge in [-0.25, -0.2) is 0 Å². The Balaban J connectivity index is 1.01. The van der Waals surface area contributed by atoms with Gasteiger partial charge in [-0.15, -0.1) is 0 Å². The largest absolute Gasteiger partial charge is 0.477 e. The Hall–Kier alpha value is -5.32. The minimum atomic E-state index is 0.294. The fraction of sp³-hybridized carbons (Fsp3) is 0.364. The molecule has 6 aliphatic rings. The molecule has 10 rings (SSSR count). The van der Waals surface area contributed by atoms with E-state index >= 15 is 0 Å². The molecule has 52 heavy (non-hydrogen) atoms. The highest BCUT2D eigenvalue weighted by molar-refractivity contribution is 5.86. The van der Waals surface area contributed by atoms with Gasteiger partial charge in [-0.2, -0.15) is 0 Å². The highest BCUT2D eigenvalue weighted by atomic mass is 16.5. The van der Waals surface area contributed by atoms with Crippen molar-refractivity contribution in [3.8, 4) is 70.4 Å². The van der Waals surface area contributed by atoms with E-state index in [1.165, 1.54) is 0 Å². The van der Waals surface area contributed by atoms with Gasteiger partial charge in [0, 0.05) is 52.4 Å².